The van der Waals surface area contributed by atoms with Gasteiger partial charge in [-0.3, -0.25) is 9.59 Å². The molecule has 0 spiro atoms. The molecule has 16 heavy (non-hydrogen) atoms. The van der Waals surface area contributed by atoms with Crippen molar-refractivity contribution in [2.45, 2.75) is 25.7 Å². The lowest BCUT2D eigenvalue weighted by molar-refractivity contribution is -0.139. The van der Waals surface area contributed by atoms with Crippen molar-refractivity contribution in [2.24, 2.45) is 11.5 Å². The van der Waals surface area contributed by atoms with Gasteiger partial charge in [-0.2, -0.15) is 0 Å². The Morgan fingerprint density at radius 3 is 1.44 bits per heavy atom. The second kappa shape index (κ2) is 10.4. The van der Waals surface area contributed by atoms with Crippen LogP contribution in [-0.4, -0.2) is 38.0 Å². The van der Waals surface area contributed by atoms with Crippen molar-refractivity contribution in [3.8, 4) is 0 Å². The van der Waals surface area contributed by atoms with Gasteiger partial charge in [-0.1, -0.05) is 0 Å². The Balaban J connectivity index is 3.46. The smallest absolute Gasteiger partial charge is 0.309 e. The Morgan fingerprint density at radius 2 is 1.12 bits per heavy atom. The summed E-state index contributed by atoms with van der Waals surface area (Å²) in [6.45, 7) is 2.18. The van der Waals surface area contributed by atoms with E-state index in [2.05, 4.69) is 10.6 Å². The third kappa shape index (κ3) is 8.19. The number of amides is 2. The summed E-state index contributed by atoms with van der Waals surface area (Å²) in [4.78, 5) is 22.4. The van der Waals surface area contributed by atoms with Gasteiger partial charge >= 0.3 is 11.8 Å². The molecule has 0 rings (SSSR count). The molecule has 0 bridgehead atoms. The van der Waals surface area contributed by atoms with Crippen molar-refractivity contribution in [3.63, 3.8) is 0 Å². The van der Waals surface area contributed by atoms with Crippen LogP contribution in [0.25, 0.3) is 0 Å². The van der Waals surface area contributed by atoms with Gasteiger partial charge in [0.25, 0.3) is 0 Å². The van der Waals surface area contributed by atoms with Gasteiger partial charge < -0.3 is 22.1 Å². The summed E-state index contributed by atoms with van der Waals surface area (Å²) in [6, 6.07) is 0. The molecule has 0 saturated carbocycles. The highest BCUT2D eigenvalue weighted by molar-refractivity contribution is 6.35. The van der Waals surface area contributed by atoms with Crippen molar-refractivity contribution < 1.29 is 9.59 Å². The first-order chi connectivity index (χ1) is 7.72. The highest BCUT2D eigenvalue weighted by Crippen LogP contribution is 1.84. The van der Waals surface area contributed by atoms with Crippen LogP contribution in [0, 0.1) is 0 Å². The maximum atomic E-state index is 11.2. The number of rotatable bonds is 8. The van der Waals surface area contributed by atoms with Crippen LogP contribution < -0.4 is 22.1 Å². The van der Waals surface area contributed by atoms with E-state index in [1.165, 1.54) is 0 Å². The number of hydrogen-bond donors (Lipinski definition) is 4. The molecule has 0 aromatic heterocycles. The fraction of sp³-hybridized carbons (Fsp3) is 0.800. The van der Waals surface area contributed by atoms with Crippen LogP contribution in [-0.2, 0) is 9.59 Å². The average Bonchev–Trinajstić information content (AvgIpc) is 2.29. The largest absolute Gasteiger partial charge is 0.348 e. The van der Waals surface area contributed by atoms with E-state index in [4.69, 9.17) is 11.5 Å². The van der Waals surface area contributed by atoms with Crippen molar-refractivity contribution in [1.82, 2.24) is 10.6 Å². The Morgan fingerprint density at radius 1 is 0.750 bits per heavy atom. The quantitative estimate of drug-likeness (QED) is 0.307. The van der Waals surface area contributed by atoms with Gasteiger partial charge in [-0.05, 0) is 38.8 Å². The molecule has 6 nitrogen and oxygen atoms in total. The molecule has 0 unspecified atom stereocenters. The second-order valence-electron chi connectivity index (χ2n) is 3.50. The maximum Gasteiger partial charge on any atom is 0.309 e. The monoisotopic (exact) mass is 230 g/mol. The SMILES string of the molecule is NCCCCNC(=O)C(=O)NCCCCN. The zero-order chi connectivity index (χ0) is 12.2. The van der Waals surface area contributed by atoms with Crippen LogP contribution in [0.1, 0.15) is 25.7 Å². The number of nitrogens with one attached hydrogen (secondary N) is 2. The number of hydrogen-bond acceptors (Lipinski definition) is 4. The van der Waals surface area contributed by atoms with Gasteiger partial charge in [0.1, 0.15) is 0 Å². The second-order valence-corrected chi connectivity index (χ2v) is 3.50. The van der Waals surface area contributed by atoms with E-state index in [0.29, 0.717) is 26.2 Å². The van der Waals surface area contributed by atoms with Crippen molar-refractivity contribution in [1.29, 1.82) is 0 Å². The van der Waals surface area contributed by atoms with Crippen molar-refractivity contribution in [3.05, 3.63) is 0 Å². The fourth-order valence-electron chi connectivity index (χ4n) is 1.10. The third-order valence-electron chi connectivity index (χ3n) is 2.04. The Bertz CT molecular complexity index is 187. The molecule has 0 radical (unpaired) electrons. The molecule has 0 aliphatic carbocycles. The standard InChI is InChI=1S/C10H22N4O2/c11-5-1-3-7-13-9(15)10(16)14-8-4-2-6-12/h1-8,11-12H2,(H,13,15)(H,14,16). The minimum absolute atomic E-state index is 0.492. The van der Waals surface area contributed by atoms with Crippen LogP contribution in [0.4, 0.5) is 0 Å². The molecule has 6 N–H and O–H groups in total. The Kier molecular flexibility index (Phi) is 9.64. The fourth-order valence-corrected chi connectivity index (χ4v) is 1.10. The summed E-state index contributed by atoms with van der Waals surface area (Å²) in [5, 5.41) is 5.05. The number of carbonyl (C=O) groups excluding carboxylic acids is 2. The molecule has 6 heteroatoms. The summed E-state index contributed by atoms with van der Waals surface area (Å²) in [6.07, 6.45) is 3.28. The minimum atomic E-state index is -0.579. The van der Waals surface area contributed by atoms with Crippen LogP contribution in [0.2, 0.25) is 0 Å². The van der Waals surface area contributed by atoms with E-state index in [-0.39, 0.29) is 0 Å². The number of nitrogens with two attached hydrogens (primary N) is 2. The summed E-state index contributed by atoms with van der Waals surface area (Å²) >= 11 is 0. The van der Waals surface area contributed by atoms with Gasteiger partial charge in [0, 0.05) is 13.1 Å². The topological polar surface area (TPSA) is 110 Å². The first-order valence-corrected chi connectivity index (χ1v) is 5.68. The molecule has 94 valence electrons. The summed E-state index contributed by atoms with van der Waals surface area (Å²) in [7, 11) is 0. The van der Waals surface area contributed by atoms with E-state index in [1.807, 2.05) is 0 Å². The zero-order valence-electron chi connectivity index (χ0n) is 9.63. The minimum Gasteiger partial charge on any atom is -0.348 e. The summed E-state index contributed by atoms with van der Waals surface area (Å²) in [5.41, 5.74) is 10.6. The van der Waals surface area contributed by atoms with E-state index in [0.717, 1.165) is 25.7 Å². The molecule has 0 aliphatic heterocycles. The lowest BCUT2D eigenvalue weighted by atomic mass is 10.3. The van der Waals surface area contributed by atoms with E-state index in [1.54, 1.807) is 0 Å². The highest BCUT2D eigenvalue weighted by atomic mass is 16.2. The molecule has 0 fully saturated rings. The molecule has 0 atom stereocenters. The first kappa shape index (κ1) is 14.9. The average molecular weight is 230 g/mol. The molecule has 0 aliphatic rings. The lowest BCUT2D eigenvalue weighted by Gasteiger charge is -2.05. The van der Waals surface area contributed by atoms with Crippen molar-refractivity contribution in [2.75, 3.05) is 26.2 Å². The lowest BCUT2D eigenvalue weighted by Crippen LogP contribution is -2.40. The first-order valence-electron chi connectivity index (χ1n) is 5.68. The van der Waals surface area contributed by atoms with Crippen LogP contribution >= 0.6 is 0 Å². The summed E-state index contributed by atoms with van der Waals surface area (Å²) in [5.74, 6) is -1.16. The molecule has 2 amide bonds. The Hall–Kier alpha value is -1.14. The van der Waals surface area contributed by atoms with Gasteiger partial charge in [0.05, 0.1) is 0 Å². The van der Waals surface area contributed by atoms with Gasteiger partial charge in [0.15, 0.2) is 0 Å². The predicted molar refractivity (Wildman–Crippen MR) is 62.6 cm³/mol. The highest BCUT2D eigenvalue weighted by Gasteiger charge is 2.10. The van der Waals surface area contributed by atoms with Crippen LogP contribution in [0.5, 0.6) is 0 Å². The molecule has 0 aromatic carbocycles. The van der Waals surface area contributed by atoms with Crippen LogP contribution in [0.15, 0.2) is 0 Å². The van der Waals surface area contributed by atoms with Crippen LogP contribution in [0.3, 0.4) is 0 Å². The molecule has 0 heterocycles. The maximum absolute atomic E-state index is 11.2. The molecule has 0 aromatic rings. The molecular formula is C10H22N4O2. The predicted octanol–water partition coefficient (Wildman–Crippen LogP) is -1.30. The van der Waals surface area contributed by atoms with Gasteiger partial charge in [-0.25, -0.2) is 0 Å². The third-order valence-corrected chi connectivity index (χ3v) is 2.04. The molecular weight excluding hydrogens is 208 g/mol. The normalized spacial score (nSPS) is 9.88. The van der Waals surface area contributed by atoms with E-state index < -0.39 is 11.8 Å². The van der Waals surface area contributed by atoms with Gasteiger partial charge in [0.2, 0.25) is 0 Å². The van der Waals surface area contributed by atoms with Crippen molar-refractivity contribution >= 4 is 11.8 Å². The van der Waals surface area contributed by atoms with E-state index in [9.17, 15) is 9.59 Å². The van der Waals surface area contributed by atoms with E-state index >= 15 is 0 Å². The number of carbonyl (C=O) groups is 2. The summed E-state index contributed by atoms with van der Waals surface area (Å²) < 4.78 is 0. The Labute approximate surface area is 96.1 Å². The molecule has 0 saturated heterocycles. The zero-order valence-corrected chi connectivity index (χ0v) is 9.63. The van der Waals surface area contributed by atoms with Gasteiger partial charge in [-0.15, -0.1) is 0 Å². The number of unbranched alkanes of at least 4 members (excludes halogenated alkanes) is 2.